The van der Waals surface area contributed by atoms with E-state index >= 15 is 0 Å². The Kier molecular flexibility index (Phi) is 4.52. The van der Waals surface area contributed by atoms with E-state index in [0.29, 0.717) is 12.0 Å². The summed E-state index contributed by atoms with van der Waals surface area (Å²) in [5.74, 6) is -1.25. The maximum atomic E-state index is 12.3. The lowest BCUT2D eigenvalue weighted by Gasteiger charge is -2.17. The summed E-state index contributed by atoms with van der Waals surface area (Å²) in [7, 11) is 0. The van der Waals surface area contributed by atoms with Crippen LogP contribution in [0.5, 0.6) is 0 Å². The Morgan fingerprint density at radius 3 is 2.62 bits per heavy atom. The summed E-state index contributed by atoms with van der Waals surface area (Å²) in [6.45, 7) is 3.84. The molecule has 0 aliphatic rings. The van der Waals surface area contributed by atoms with Crippen molar-refractivity contribution in [3.05, 3.63) is 42.2 Å². The molecule has 5 nitrogen and oxygen atoms in total. The molecule has 0 aliphatic heterocycles. The van der Waals surface area contributed by atoms with Gasteiger partial charge in [-0.1, -0.05) is 38.1 Å². The van der Waals surface area contributed by atoms with Gasteiger partial charge in [-0.05, 0) is 17.7 Å². The second-order valence-corrected chi connectivity index (χ2v) is 5.40. The van der Waals surface area contributed by atoms with Gasteiger partial charge in [0, 0.05) is 17.8 Å². The Morgan fingerprint density at radius 1 is 1.24 bits per heavy atom. The highest BCUT2D eigenvalue weighted by Crippen LogP contribution is 2.17. The third-order valence-corrected chi connectivity index (χ3v) is 3.22. The van der Waals surface area contributed by atoms with Crippen LogP contribution in [0.3, 0.4) is 0 Å². The van der Waals surface area contributed by atoms with Gasteiger partial charge in [-0.3, -0.25) is 9.78 Å². The highest BCUT2D eigenvalue weighted by molar-refractivity contribution is 6.07. The molecule has 0 radical (unpaired) electrons. The molecule has 1 amide bonds. The number of hydrogen-bond acceptors (Lipinski definition) is 3. The third-order valence-electron chi connectivity index (χ3n) is 3.22. The van der Waals surface area contributed by atoms with E-state index in [0.717, 1.165) is 10.8 Å². The van der Waals surface area contributed by atoms with Crippen LogP contribution < -0.4 is 5.32 Å². The minimum absolute atomic E-state index is 0.178. The van der Waals surface area contributed by atoms with Crippen LogP contribution in [-0.4, -0.2) is 28.0 Å². The Balaban J connectivity index is 2.27. The first-order chi connectivity index (χ1) is 9.99. The van der Waals surface area contributed by atoms with Gasteiger partial charge in [0.05, 0.1) is 5.56 Å². The first kappa shape index (κ1) is 15.0. The summed E-state index contributed by atoms with van der Waals surface area (Å²) >= 11 is 0. The number of nitrogens with zero attached hydrogens (tertiary/aromatic N) is 1. The molecule has 110 valence electrons. The molecule has 1 atom stereocenters. The van der Waals surface area contributed by atoms with Crippen molar-refractivity contribution in [3.63, 3.8) is 0 Å². The number of aliphatic carboxylic acids is 1. The van der Waals surface area contributed by atoms with E-state index in [1.165, 1.54) is 6.20 Å². The average Bonchev–Trinajstić information content (AvgIpc) is 2.45. The standard InChI is InChI=1S/C16H18N2O3/c1-10(2)7-14(16(20)21)18-15(19)13-9-17-8-11-5-3-4-6-12(11)13/h3-6,8-10,14H,7H2,1-2H3,(H,18,19)(H,20,21). The molecular weight excluding hydrogens is 268 g/mol. The summed E-state index contributed by atoms with van der Waals surface area (Å²) in [5.41, 5.74) is 0.392. The number of carbonyl (C=O) groups excluding carboxylic acids is 1. The van der Waals surface area contributed by atoms with Crippen molar-refractivity contribution in [1.82, 2.24) is 10.3 Å². The van der Waals surface area contributed by atoms with E-state index in [9.17, 15) is 14.7 Å². The smallest absolute Gasteiger partial charge is 0.326 e. The van der Waals surface area contributed by atoms with Crippen molar-refractivity contribution in [2.75, 3.05) is 0 Å². The molecule has 21 heavy (non-hydrogen) atoms. The maximum absolute atomic E-state index is 12.3. The summed E-state index contributed by atoms with van der Waals surface area (Å²) < 4.78 is 0. The van der Waals surface area contributed by atoms with Crippen molar-refractivity contribution in [3.8, 4) is 0 Å². The number of fused-ring (bicyclic) bond motifs is 1. The van der Waals surface area contributed by atoms with Gasteiger partial charge in [0.25, 0.3) is 5.91 Å². The molecule has 0 aliphatic carbocycles. The van der Waals surface area contributed by atoms with Crippen LogP contribution in [0.25, 0.3) is 10.8 Å². The molecule has 0 bridgehead atoms. The topological polar surface area (TPSA) is 79.3 Å². The zero-order chi connectivity index (χ0) is 15.4. The van der Waals surface area contributed by atoms with Crippen molar-refractivity contribution in [1.29, 1.82) is 0 Å². The zero-order valence-corrected chi connectivity index (χ0v) is 12.0. The van der Waals surface area contributed by atoms with E-state index in [1.807, 2.05) is 38.1 Å². The molecule has 2 aromatic rings. The second-order valence-electron chi connectivity index (χ2n) is 5.40. The molecule has 2 N–H and O–H groups in total. The van der Waals surface area contributed by atoms with Gasteiger partial charge in [0.1, 0.15) is 6.04 Å². The number of nitrogens with one attached hydrogen (secondary N) is 1. The molecule has 0 saturated heterocycles. The summed E-state index contributed by atoms with van der Waals surface area (Å²) in [6, 6.07) is 6.50. The van der Waals surface area contributed by atoms with Crippen LogP contribution in [-0.2, 0) is 4.79 Å². The summed E-state index contributed by atoms with van der Waals surface area (Å²) in [5, 5.41) is 13.4. The van der Waals surface area contributed by atoms with Gasteiger partial charge < -0.3 is 10.4 Å². The van der Waals surface area contributed by atoms with Crippen LogP contribution >= 0.6 is 0 Å². The lowest BCUT2D eigenvalue weighted by Crippen LogP contribution is -2.41. The van der Waals surface area contributed by atoms with E-state index in [1.54, 1.807) is 6.20 Å². The zero-order valence-electron chi connectivity index (χ0n) is 12.0. The SMILES string of the molecule is CC(C)CC(NC(=O)c1cncc2ccccc12)C(=O)O. The van der Waals surface area contributed by atoms with Crippen molar-refractivity contribution >= 4 is 22.6 Å². The average molecular weight is 286 g/mol. The Labute approximate surface area is 123 Å². The van der Waals surface area contributed by atoms with Gasteiger partial charge >= 0.3 is 5.97 Å². The fraction of sp³-hybridized carbons (Fsp3) is 0.312. The van der Waals surface area contributed by atoms with Gasteiger partial charge in [-0.15, -0.1) is 0 Å². The molecule has 0 fully saturated rings. The molecule has 1 heterocycles. The highest BCUT2D eigenvalue weighted by atomic mass is 16.4. The highest BCUT2D eigenvalue weighted by Gasteiger charge is 2.22. The van der Waals surface area contributed by atoms with Gasteiger partial charge in [0.2, 0.25) is 0 Å². The number of carbonyl (C=O) groups is 2. The Bertz CT molecular complexity index is 662. The minimum atomic E-state index is -1.02. The lowest BCUT2D eigenvalue weighted by molar-refractivity contribution is -0.139. The number of amides is 1. The monoisotopic (exact) mass is 286 g/mol. The number of pyridine rings is 1. The normalized spacial score (nSPS) is 12.3. The van der Waals surface area contributed by atoms with Gasteiger partial charge in [-0.25, -0.2) is 4.79 Å². The van der Waals surface area contributed by atoms with E-state index in [4.69, 9.17) is 0 Å². The Hall–Kier alpha value is -2.43. The quantitative estimate of drug-likeness (QED) is 0.885. The first-order valence-electron chi connectivity index (χ1n) is 6.85. The second kappa shape index (κ2) is 6.35. The minimum Gasteiger partial charge on any atom is -0.480 e. The summed E-state index contributed by atoms with van der Waals surface area (Å²) in [4.78, 5) is 27.6. The predicted molar refractivity (Wildman–Crippen MR) is 80.1 cm³/mol. The molecule has 0 saturated carbocycles. The van der Waals surface area contributed by atoms with Gasteiger partial charge in [0.15, 0.2) is 0 Å². The van der Waals surface area contributed by atoms with Crippen molar-refractivity contribution in [2.45, 2.75) is 26.3 Å². The molecule has 2 rings (SSSR count). The van der Waals surface area contributed by atoms with E-state index in [-0.39, 0.29) is 5.92 Å². The molecule has 0 spiro atoms. The molecule has 1 unspecified atom stereocenters. The van der Waals surface area contributed by atoms with Gasteiger partial charge in [-0.2, -0.15) is 0 Å². The molecule has 5 heteroatoms. The number of aromatic nitrogens is 1. The number of carboxylic acids is 1. The largest absolute Gasteiger partial charge is 0.480 e. The lowest BCUT2D eigenvalue weighted by atomic mass is 10.0. The van der Waals surface area contributed by atoms with E-state index < -0.39 is 17.9 Å². The predicted octanol–water partition coefficient (Wildman–Crippen LogP) is 2.46. The number of rotatable bonds is 5. The van der Waals surface area contributed by atoms with Crippen molar-refractivity contribution < 1.29 is 14.7 Å². The first-order valence-corrected chi connectivity index (χ1v) is 6.85. The fourth-order valence-electron chi connectivity index (χ4n) is 2.23. The summed E-state index contributed by atoms with van der Waals surface area (Å²) in [6.07, 6.45) is 3.53. The van der Waals surface area contributed by atoms with Crippen LogP contribution in [0.1, 0.15) is 30.6 Å². The van der Waals surface area contributed by atoms with Crippen LogP contribution in [0, 0.1) is 5.92 Å². The molecule has 1 aromatic heterocycles. The van der Waals surface area contributed by atoms with Crippen molar-refractivity contribution in [2.24, 2.45) is 5.92 Å². The Morgan fingerprint density at radius 2 is 1.95 bits per heavy atom. The van der Waals surface area contributed by atoms with Crippen LogP contribution in [0.2, 0.25) is 0 Å². The fourth-order valence-corrected chi connectivity index (χ4v) is 2.23. The number of benzene rings is 1. The third kappa shape index (κ3) is 3.56. The molecule has 1 aromatic carbocycles. The van der Waals surface area contributed by atoms with Crippen LogP contribution in [0.15, 0.2) is 36.7 Å². The van der Waals surface area contributed by atoms with E-state index in [2.05, 4.69) is 10.3 Å². The maximum Gasteiger partial charge on any atom is 0.326 e. The van der Waals surface area contributed by atoms with Crippen LogP contribution in [0.4, 0.5) is 0 Å². The number of carboxylic acid groups (broad SMARTS) is 1. The molecular formula is C16H18N2O3. The number of hydrogen-bond donors (Lipinski definition) is 2.